The Kier molecular flexibility index (Phi) is 4.16. The highest BCUT2D eigenvalue weighted by Gasteiger charge is 2.04. The minimum Gasteiger partial charge on any atom is -0.324 e. The van der Waals surface area contributed by atoms with E-state index in [2.05, 4.69) is 62.4 Å². The van der Waals surface area contributed by atoms with Gasteiger partial charge in [0, 0.05) is 6.04 Å². The minimum atomic E-state index is 0.154. The van der Waals surface area contributed by atoms with E-state index in [4.69, 9.17) is 5.73 Å². The highest BCUT2D eigenvalue weighted by atomic mass is 14.6. The van der Waals surface area contributed by atoms with Gasteiger partial charge in [-0.1, -0.05) is 62.4 Å². The Hall–Kier alpha value is -1.60. The predicted molar refractivity (Wildman–Crippen MR) is 78.5 cm³/mol. The third-order valence-corrected chi connectivity index (χ3v) is 3.45. The van der Waals surface area contributed by atoms with Gasteiger partial charge in [0.25, 0.3) is 0 Å². The van der Waals surface area contributed by atoms with Gasteiger partial charge in [0.1, 0.15) is 0 Å². The van der Waals surface area contributed by atoms with Crippen LogP contribution in [0.2, 0.25) is 0 Å². The number of rotatable bonds is 4. The second-order valence-electron chi connectivity index (χ2n) is 4.69. The Morgan fingerprint density at radius 1 is 0.944 bits per heavy atom. The van der Waals surface area contributed by atoms with Gasteiger partial charge in [-0.15, -0.1) is 0 Å². The molecule has 1 atom stereocenters. The van der Waals surface area contributed by atoms with Crippen molar-refractivity contribution in [1.82, 2.24) is 0 Å². The number of hydrogen-bond acceptors (Lipinski definition) is 1. The molecule has 0 bridgehead atoms. The van der Waals surface area contributed by atoms with E-state index >= 15 is 0 Å². The summed E-state index contributed by atoms with van der Waals surface area (Å²) in [5, 5.41) is 0. The van der Waals surface area contributed by atoms with Crippen molar-refractivity contribution < 1.29 is 0 Å². The fraction of sp³-hybridized carbons (Fsp3) is 0.294. The van der Waals surface area contributed by atoms with Gasteiger partial charge >= 0.3 is 0 Å². The summed E-state index contributed by atoms with van der Waals surface area (Å²) >= 11 is 0. The molecule has 0 aliphatic carbocycles. The highest BCUT2D eigenvalue weighted by molar-refractivity contribution is 5.64. The summed E-state index contributed by atoms with van der Waals surface area (Å²) in [6.45, 7) is 4.30. The monoisotopic (exact) mass is 239 g/mol. The Balaban J connectivity index is 2.28. The van der Waals surface area contributed by atoms with E-state index in [0.29, 0.717) is 0 Å². The number of nitrogens with two attached hydrogens (primary N) is 1. The van der Waals surface area contributed by atoms with Crippen molar-refractivity contribution in [1.29, 1.82) is 0 Å². The Labute approximate surface area is 110 Å². The standard InChI is InChI=1S/C17H21N/c1-3-13-6-5-7-16(12-13)14-8-10-15(11-9-14)17(18)4-2/h5-12,17H,3-4,18H2,1-2H3. The molecule has 0 aliphatic rings. The van der Waals surface area contributed by atoms with Crippen LogP contribution in [0.4, 0.5) is 0 Å². The van der Waals surface area contributed by atoms with Crippen molar-refractivity contribution in [2.24, 2.45) is 5.73 Å². The zero-order chi connectivity index (χ0) is 13.0. The van der Waals surface area contributed by atoms with Gasteiger partial charge in [-0.05, 0) is 35.1 Å². The fourth-order valence-electron chi connectivity index (χ4n) is 2.13. The Morgan fingerprint density at radius 3 is 2.28 bits per heavy atom. The molecule has 0 aromatic heterocycles. The van der Waals surface area contributed by atoms with Crippen molar-refractivity contribution in [2.75, 3.05) is 0 Å². The molecule has 0 amide bonds. The molecule has 18 heavy (non-hydrogen) atoms. The van der Waals surface area contributed by atoms with E-state index in [1.54, 1.807) is 0 Å². The first-order valence-electron chi connectivity index (χ1n) is 6.69. The molecule has 0 saturated carbocycles. The van der Waals surface area contributed by atoms with Gasteiger partial charge in [0.15, 0.2) is 0 Å². The van der Waals surface area contributed by atoms with Crippen LogP contribution in [-0.4, -0.2) is 0 Å². The van der Waals surface area contributed by atoms with E-state index < -0.39 is 0 Å². The molecule has 0 heterocycles. The largest absolute Gasteiger partial charge is 0.324 e. The van der Waals surface area contributed by atoms with Gasteiger partial charge in [-0.2, -0.15) is 0 Å². The molecule has 2 aromatic carbocycles. The molecule has 0 fully saturated rings. The molecule has 0 radical (unpaired) electrons. The van der Waals surface area contributed by atoms with Gasteiger partial charge in [0.05, 0.1) is 0 Å². The SMILES string of the molecule is CCc1cccc(-c2ccc(C(N)CC)cc2)c1. The van der Waals surface area contributed by atoms with Crippen LogP contribution in [0, 0.1) is 0 Å². The molecule has 2 aromatic rings. The van der Waals surface area contributed by atoms with Crippen LogP contribution in [0.1, 0.15) is 37.4 Å². The summed E-state index contributed by atoms with van der Waals surface area (Å²) in [5.41, 5.74) is 11.2. The third-order valence-electron chi connectivity index (χ3n) is 3.45. The quantitative estimate of drug-likeness (QED) is 0.844. The maximum absolute atomic E-state index is 6.03. The first-order chi connectivity index (χ1) is 8.74. The molecule has 0 aliphatic heterocycles. The Morgan fingerprint density at radius 2 is 1.67 bits per heavy atom. The lowest BCUT2D eigenvalue weighted by Crippen LogP contribution is -2.08. The lowest BCUT2D eigenvalue weighted by molar-refractivity contribution is 0.699. The number of aryl methyl sites for hydroxylation is 1. The highest BCUT2D eigenvalue weighted by Crippen LogP contribution is 2.23. The first kappa shape index (κ1) is 12.8. The molecular formula is C17H21N. The predicted octanol–water partition coefficient (Wildman–Crippen LogP) is 4.33. The van der Waals surface area contributed by atoms with Gasteiger partial charge < -0.3 is 5.73 Å². The van der Waals surface area contributed by atoms with E-state index in [0.717, 1.165) is 12.8 Å². The molecule has 0 saturated heterocycles. The molecular weight excluding hydrogens is 218 g/mol. The summed E-state index contributed by atoms with van der Waals surface area (Å²) in [4.78, 5) is 0. The zero-order valence-electron chi connectivity index (χ0n) is 11.2. The minimum absolute atomic E-state index is 0.154. The van der Waals surface area contributed by atoms with Crippen molar-refractivity contribution >= 4 is 0 Å². The van der Waals surface area contributed by atoms with E-state index in [-0.39, 0.29) is 6.04 Å². The van der Waals surface area contributed by atoms with Crippen LogP contribution >= 0.6 is 0 Å². The normalized spacial score (nSPS) is 12.4. The van der Waals surface area contributed by atoms with Crippen LogP contribution in [0.5, 0.6) is 0 Å². The molecule has 1 heteroatoms. The summed E-state index contributed by atoms with van der Waals surface area (Å²) in [6, 6.07) is 17.5. The molecule has 1 nitrogen and oxygen atoms in total. The Bertz CT molecular complexity index is 499. The average Bonchev–Trinajstić information content (AvgIpc) is 2.46. The maximum atomic E-state index is 6.03. The summed E-state index contributed by atoms with van der Waals surface area (Å²) < 4.78 is 0. The van der Waals surface area contributed by atoms with E-state index in [1.807, 2.05) is 0 Å². The van der Waals surface area contributed by atoms with E-state index in [1.165, 1.54) is 22.3 Å². The van der Waals surface area contributed by atoms with Crippen LogP contribution < -0.4 is 5.73 Å². The maximum Gasteiger partial charge on any atom is 0.0292 e. The van der Waals surface area contributed by atoms with Crippen molar-refractivity contribution in [3.63, 3.8) is 0 Å². The zero-order valence-corrected chi connectivity index (χ0v) is 11.2. The van der Waals surface area contributed by atoms with E-state index in [9.17, 15) is 0 Å². The number of benzene rings is 2. The summed E-state index contributed by atoms with van der Waals surface area (Å²) in [6.07, 6.45) is 2.05. The topological polar surface area (TPSA) is 26.0 Å². The second-order valence-corrected chi connectivity index (χ2v) is 4.69. The molecule has 1 unspecified atom stereocenters. The average molecular weight is 239 g/mol. The smallest absolute Gasteiger partial charge is 0.0292 e. The summed E-state index contributed by atoms with van der Waals surface area (Å²) in [5.74, 6) is 0. The van der Waals surface area contributed by atoms with Crippen molar-refractivity contribution in [3.05, 3.63) is 59.7 Å². The van der Waals surface area contributed by atoms with Crippen molar-refractivity contribution in [3.8, 4) is 11.1 Å². The van der Waals surface area contributed by atoms with Crippen molar-refractivity contribution in [2.45, 2.75) is 32.7 Å². The van der Waals surface area contributed by atoms with Gasteiger partial charge in [0.2, 0.25) is 0 Å². The lowest BCUT2D eigenvalue weighted by atomic mass is 9.98. The van der Waals surface area contributed by atoms with Crippen LogP contribution in [0.3, 0.4) is 0 Å². The van der Waals surface area contributed by atoms with Crippen LogP contribution in [0.15, 0.2) is 48.5 Å². The molecule has 2 N–H and O–H groups in total. The molecule has 0 spiro atoms. The summed E-state index contributed by atoms with van der Waals surface area (Å²) in [7, 11) is 0. The second kappa shape index (κ2) is 5.83. The lowest BCUT2D eigenvalue weighted by Gasteiger charge is -2.10. The van der Waals surface area contributed by atoms with Crippen LogP contribution in [-0.2, 0) is 6.42 Å². The fourth-order valence-corrected chi connectivity index (χ4v) is 2.13. The molecule has 2 rings (SSSR count). The molecule has 94 valence electrons. The first-order valence-corrected chi connectivity index (χ1v) is 6.69. The van der Waals surface area contributed by atoms with Crippen LogP contribution in [0.25, 0.3) is 11.1 Å². The number of hydrogen-bond donors (Lipinski definition) is 1. The van der Waals surface area contributed by atoms with Gasteiger partial charge in [-0.3, -0.25) is 0 Å². The van der Waals surface area contributed by atoms with Gasteiger partial charge in [-0.25, -0.2) is 0 Å². The third kappa shape index (κ3) is 2.80.